The van der Waals surface area contributed by atoms with E-state index in [1.165, 1.54) is 20.0 Å². The summed E-state index contributed by atoms with van der Waals surface area (Å²) in [4.78, 5) is 16.1. The van der Waals surface area contributed by atoms with Crippen LogP contribution >= 0.6 is 0 Å². The molecule has 0 radical (unpaired) electrons. The van der Waals surface area contributed by atoms with E-state index < -0.39 is 5.97 Å². The SMILES string of the molecule is COCc1nc(C2CCC(C)CC2)oc1C(=O)OC. The number of methoxy groups -OCH3 is 2. The van der Waals surface area contributed by atoms with Crippen molar-refractivity contribution in [2.75, 3.05) is 14.2 Å². The maximum atomic E-state index is 11.6. The van der Waals surface area contributed by atoms with Gasteiger partial charge in [-0.25, -0.2) is 9.78 Å². The van der Waals surface area contributed by atoms with Gasteiger partial charge in [0.2, 0.25) is 5.76 Å². The molecule has 0 aliphatic heterocycles. The molecule has 1 aromatic heterocycles. The zero-order chi connectivity index (χ0) is 13.8. The number of nitrogens with zero attached hydrogens (tertiary/aromatic N) is 1. The maximum absolute atomic E-state index is 11.6. The number of carbonyl (C=O) groups excluding carboxylic acids is 1. The smallest absolute Gasteiger partial charge is 0.376 e. The number of esters is 1. The first-order valence-electron chi connectivity index (χ1n) is 6.72. The molecule has 1 saturated carbocycles. The van der Waals surface area contributed by atoms with Crippen LogP contribution in [0.15, 0.2) is 4.42 Å². The fraction of sp³-hybridized carbons (Fsp3) is 0.714. The first-order valence-corrected chi connectivity index (χ1v) is 6.72. The second-order valence-corrected chi connectivity index (χ2v) is 5.21. The van der Waals surface area contributed by atoms with E-state index in [1.54, 1.807) is 7.11 Å². The first kappa shape index (κ1) is 14.1. The molecule has 19 heavy (non-hydrogen) atoms. The lowest BCUT2D eigenvalue weighted by atomic mass is 9.83. The number of carbonyl (C=O) groups is 1. The van der Waals surface area contributed by atoms with Crippen LogP contribution in [0.3, 0.4) is 0 Å². The van der Waals surface area contributed by atoms with Gasteiger partial charge in [-0.05, 0) is 31.6 Å². The van der Waals surface area contributed by atoms with E-state index in [-0.39, 0.29) is 12.4 Å². The average Bonchev–Trinajstić information content (AvgIpc) is 2.83. The van der Waals surface area contributed by atoms with Gasteiger partial charge in [0.05, 0.1) is 13.7 Å². The van der Waals surface area contributed by atoms with Gasteiger partial charge < -0.3 is 13.9 Å². The third-order valence-electron chi connectivity index (χ3n) is 3.73. The summed E-state index contributed by atoms with van der Waals surface area (Å²) in [6.45, 7) is 2.53. The highest BCUT2D eigenvalue weighted by Crippen LogP contribution is 2.35. The molecule has 1 aliphatic carbocycles. The molecule has 0 atom stereocenters. The topological polar surface area (TPSA) is 61.6 Å². The highest BCUT2D eigenvalue weighted by molar-refractivity contribution is 5.87. The van der Waals surface area contributed by atoms with Crippen molar-refractivity contribution in [2.24, 2.45) is 5.92 Å². The molecule has 5 nitrogen and oxygen atoms in total. The fourth-order valence-corrected chi connectivity index (χ4v) is 2.54. The van der Waals surface area contributed by atoms with Gasteiger partial charge in [-0.1, -0.05) is 6.92 Å². The van der Waals surface area contributed by atoms with E-state index in [0.717, 1.165) is 18.8 Å². The first-order chi connectivity index (χ1) is 9.15. The molecule has 0 saturated heterocycles. The Morgan fingerprint density at radius 2 is 2.00 bits per heavy atom. The highest BCUT2D eigenvalue weighted by Gasteiger charge is 2.28. The Labute approximate surface area is 113 Å². The fourth-order valence-electron chi connectivity index (χ4n) is 2.54. The molecule has 0 amide bonds. The van der Waals surface area contributed by atoms with Crippen LogP contribution in [0.5, 0.6) is 0 Å². The molecule has 1 aromatic rings. The van der Waals surface area contributed by atoms with E-state index in [0.29, 0.717) is 17.5 Å². The quantitative estimate of drug-likeness (QED) is 0.785. The largest absolute Gasteiger partial charge is 0.463 e. The summed E-state index contributed by atoms with van der Waals surface area (Å²) in [5.74, 6) is 1.42. The predicted octanol–water partition coefficient (Wildman–Crippen LogP) is 2.90. The molecule has 1 heterocycles. The summed E-state index contributed by atoms with van der Waals surface area (Å²) >= 11 is 0. The zero-order valence-corrected chi connectivity index (χ0v) is 11.8. The minimum atomic E-state index is -0.491. The van der Waals surface area contributed by atoms with Crippen LogP contribution in [-0.4, -0.2) is 25.2 Å². The van der Waals surface area contributed by atoms with Crippen molar-refractivity contribution in [3.63, 3.8) is 0 Å². The van der Waals surface area contributed by atoms with E-state index in [1.807, 2.05) is 0 Å². The summed E-state index contributed by atoms with van der Waals surface area (Å²) in [6, 6.07) is 0. The van der Waals surface area contributed by atoms with Crippen LogP contribution in [0.25, 0.3) is 0 Å². The van der Waals surface area contributed by atoms with Gasteiger partial charge in [0.25, 0.3) is 0 Å². The Balaban J connectivity index is 2.19. The van der Waals surface area contributed by atoms with Gasteiger partial charge in [-0.2, -0.15) is 0 Å². The summed E-state index contributed by atoms with van der Waals surface area (Å²) < 4.78 is 15.4. The van der Waals surface area contributed by atoms with Gasteiger partial charge >= 0.3 is 5.97 Å². The number of hydrogen-bond acceptors (Lipinski definition) is 5. The predicted molar refractivity (Wildman–Crippen MR) is 68.9 cm³/mol. The van der Waals surface area contributed by atoms with E-state index in [9.17, 15) is 4.79 Å². The van der Waals surface area contributed by atoms with Crippen LogP contribution in [0, 0.1) is 5.92 Å². The molecule has 0 spiro atoms. The number of aromatic nitrogens is 1. The zero-order valence-electron chi connectivity index (χ0n) is 11.8. The Morgan fingerprint density at radius 3 is 2.58 bits per heavy atom. The van der Waals surface area contributed by atoms with Crippen molar-refractivity contribution in [3.05, 3.63) is 17.3 Å². The van der Waals surface area contributed by atoms with Crippen LogP contribution < -0.4 is 0 Å². The van der Waals surface area contributed by atoms with Gasteiger partial charge in [0, 0.05) is 13.0 Å². The standard InChI is InChI=1S/C14H21NO4/c1-9-4-6-10(7-5-9)13-15-11(8-17-2)12(19-13)14(16)18-3/h9-10H,4-8H2,1-3H3. The third kappa shape index (κ3) is 3.15. The van der Waals surface area contributed by atoms with E-state index in [2.05, 4.69) is 11.9 Å². The lowest BCUT2D eigenvalue weighted by Gasteiger charge is -2.23. The van der Waals surface area contributed by atoms with E-state index >= 15 is 0 Å². The number of oxazole rings is 1. The molecule has 106 valence electrons. The van der Waals surface area contributed by atoms with Crippen molar-refractivity contribution in [3.8, 4) is 0 Å². The highest BCUT2D eigenvalue weighted by atomic mass is 16.5. The molecular formula is C14H21NO4. The van der Waals surface area contributed by atoms with Gasteiger partial charge in [-0.3, -0.25) is 0 Å². The van der Waals surface area contributed by atoms with Crippen molar-refractivity contribution in [1.82, 2.24) is 4.98 Å². The van der Waals surface area contributed by atoms with Crippen molar-refractivity contribution in [1.29, 1.82) is 0 Å². The third-order valence-corrected chi connectivity index (χ3v) is 3.73. The maximum Gasteiger partial charge on any atom is 0.376 e. The molecule has 0 aromatic carbocycles. The molecule has 2 rings (SSSR count). The Kier molecular flexibility index (Phi) is 4.58. The van der Waals surface area contributed by atoms with Crippen LogP contribution in [0.2, 0.25) is 0 Å². The van der Waals surface area contributed by atoms with Crippen LogP contribution in [0.4, 0.5) is 0 Å². The van der Waals surface area contributed by atoms with Crippen LogP contribution in [-0.2, 0) is 16.1 Å². The summed E-state index contributed by atoms with van der Waals surface area (Å²) in [7, 11) is 2.90. The summed E-state index contributed by atoms with van der Waals surface area (Å²) in [5, 5.41) is 0. The van der Waals surface area contributed by atoms with Crippen molar-refractivity contribution in [2.45, 2.75) is 45.1 Å². The Morgan fingerprint density at radius 1 is 1.32 bits per heavy atom. The Bertz CT molecular complexity index is 433. The summed E-state index contributed by atoms with van der Waals surface area (Å²) in [6.07, 6.45) is 4.49. The molecule has 0 bridgehead atoms. The molecule has 0 N–H and O–H groups in total. The van der Waals surface area contributed by atoms with Crippen molar-refractivity contribution < 1.29 is 18.7 Å². The molecule has 0 unspecified atom stereocenters. The average molecular weight is 267 g/mol. The molecule has 1 aliphatic rings. The molecular weight excluding hydrogens is 246 g/mol. The van der Waals surface area contributed by atoms with Crippen LogP contribution in [0.1, 0.15) is 60.7 Å². The number of hydrogen-bond donors (Lipinski definition) is 0. The minimum Gasteiger partial charge on any atom is -0.463 e. The second kappa shape index (κ2) is 6.19. The second-order valence-electron chi connectivity index (χ2n) is 5.21. The van der Waals surface area contributed by atoms with Crippen molar-refractivity contribution >= 4 is 5.97 Å². The van der Waals surface area contributed by atoms with Gasteiger partial charge in [0.1, 0.15) is 5.69 Å². The van der Waals surface area contributed by atoms with Gasteiger partial charge in [0.15, 0.2) is 5.89 Å². The molecule has 1 fully saturated rings. The lowest BCUT2D eigenvalue weighted by Crippen LogP contribution is -2.11. The lowest BCUT2D eigenvalue weighted by molar-refractivity contribution is 0.0555. The van der Waals surface area contributed by atoms with E-state index in [4.69, 9.17) is 13.9 Å². The normalized spacial score (nSPS) is 23.3. The minimum absolute atomic E-state index is 0.179. The monoisotopic (exact) mass is 267 g/mol. The summed E-state index contributed by atoms with van der Waals surface area (Å²) in [5.41, 5.74) is 0.531. The number of rotatable bonds is 4. The van der Waals surface area contributed by atoms with Gasteiger partial charge in [-0.15, -0.1) is 0 Å². The number of ether oxygens (including phenoxy) is 2. The Hall–Kier alpha value is -1.36. The molecule has 5 heteroatoms.